The minimum Gasteiger partial charge on any atom is -0.444 e. The Morgan fingerprint density at radius 2 is 1.93 bits per heavy atom. The van der Waals surface area contributed by atoms with Gasteiger partial charge in [0.1, 0.15) is 5.60 Å². The number of alkyl halides is 2. The van der Waals surface area contributed by atoms with E-state index < -0.39 is 18.1 Å². The predicted octanol–water partition coefficient (Wildman–Crippen LogP) is 1.37. The Bertz CT molecular complexity index is 193. The second-order valence-corrected chi connectivity index (χ2v) is 4.02. The quantitative estimate of drug-likeness (QED) is 0.693. The highest BCUT2D eigenvalue weighted by molar-refractivity contribution is 5.67. The Labute approximate surface area is 88.4 Å². The Kier molecular flexibility index (Phi) is 6.15. The third-order valence-electron chi connectivity index (χ3n) is 1.27. The monoisotopic (exact) mass is 224 g/mol. The maximum Gasteiger partial charge on any atom is 0.407 e. The number of carbonyl (C=O) groups excluding carboxylic acids is 1. The standard InChI is InChI=1S/C9H18F2N2O2/c1-9(2,3)15-8(14)13-5-4-12-6-7(10)11/h7,12H,4-6H2,1-3H3,(H,13,14). The molecule has 4 nitrogen and oxygen atoms in total. The molecule has 6 heteroatoms. The molecule has 15 heavy (non-hydrogen) atoms. The summed E-state index contributed by atoms with van der Waals surface area (Å²) in [5, 5.41) is 4.93. The van der Waals surface area contributed by atoms with Crippen molar-refractivity contribution < 1.29 is 18.3 Å². The molecule has 0 aromatic heterocycles. The average molecular weight is 224 g/mol. The average Bonchev–Trinajstić information content (AvgIpc) is 1.99. The molecule has 0 rings (SSSR count). The number of hydrogen-bond acceptors (Lipinski definition) is 3. The first-order chi connectivity index (χ1) is 6.81. The van der Waals surface area contributed by atoms with Crippen LogP contribution < -0.4 is 10.6 Å². The van der Waals surface area contributed by atoms with Crippen LogP contribution in [0.25, 0.3) is 0 Å². The van der Waals surface area contributed by atoms with Gasteiger partial charge < -0.3 is 15.4 Å². The molecule has 0 atom stereocenters. The molecule has 0 heterocycles. The number of nitrogens with one attached hydrogen (secondary N) is 2. The highest BCUT2D eigenvalue weighted by atomic mass is 19.3. The van der Waals surface area contributed by atoms with Gasteiger partial charge in [0.15, 0.2) is 0 Å². The van der Waals surface area contributed by atoms with Crippen molar-refractivity contribution in [3.05, 3.63) is 0 Å². The van der Waals surface area contributed by atoms with Crippen molar-refractivity contribution in [3.8, 4) is 0 Å². The molecule has 0 saturated heterocycles. The van der Waals surface area contributed by atoms with Gasteiger partial charge in [-0.05, 0) is 20.8 Å². The normalized spacial score (nSPS) is 11.6. The van der Waals surface area contributed by atoms with E-state index in [0.29, 0.717) is 6.54 Å². The third-order valence-corrected chi connectivity index (χ3v) is 1.27. The minimum atomic E-state index is -2.37. The lowest BCUT2D eigenvalue weighted by molar-refractivity contribution is 0.0528. The smallest absolute Gasteiger partial charge is 0.407 e. The van der Waals surface area contributed by atoms with Crippen molar-refractivity contribution in [1.82, 2.24) is 10.6 Å². The third kappa shape index (κ3) is 11.0. The summed E-state index contributed by atoms with van der Waals surface area (Å²) < 4.78 is 28.3. The number of carbonyl (C=O) groups is 1. The van der Waals surface area contributed by atoms with Crippen LogP contribution in [0.1, 0.15) is 20.8 Å². The first kappa shape index (κ1) is 14.1. The molecule has 2 N–H and O–H groups in total. The van der Waals surface area contributed by atoms with Crippen LogP contribution in [0.3, 0.4) is 0 Å². The van der Waals surface area contributed by atoms with E-state index in [9.17, 15) is 13.6 Å². The summed E-state index contributed by atoms with van der Waals surface area (Å²) in [4.78, 5) is 11.0. The molecule has 0 spiro atoms. The van der Waals surface area contributed by atoms with E-state index in [1.54, 1.807) is 20.8 Å². The lowest BCUT2D eigenvalue weighted by atomic mass is 10.2. The lowest BCUT2D eigenvalue weighted by Crippen LogP contribution is -2.37. The van der Waals surface area contributed by atoms with E-state index in [4.69, 9.17) is 4.74 Å². The van der Waals surface area contributed by atoms with Gasteiger partial charge in [-0.25, -0.2) is 13.6 Å². The van der Waals surface area contributed by atoms with E-state index in [1.807, 2.05) is 0 Å². The van der Waals surface area contributed by atoms with Crippen LogP contribution in [0, 0.1) is 0 Å². The molecule has 0 unspecified atom stereocenters. The van der Waals surface area contributed by atoms with Gasteiger partial charge in [0.25, 0.3) is 6.43 Å². The zero-order valence-corrected chi connectivity index (χ0v) is 9.27. The van der Waals surface area contributed by atoms with Crippen molar-refractivity contribution in [2.45, 2.75) is 32.8 Å². The van der Waals surface area contributed by atoms with Gasteiger partial charge in [-0.3, -0.25) is 0 Å². The zero-order valence-electron chi connectivity index (χ0n) is 9.27. The van der Waals surface area contributed by atoms with Crippen molar-refractivity contribution in [3.63, 3.8) is 0 Å². The number of rotatable bonds is 5. The minimum absolute atomic E-state index is 0.266. The summed E-state index contributed by atoms with van der Waals surface area (Å²) in [6.07, 6.45) is -2.91. The Morgan fingerprint density at radius 1 is 1.33 bits per heavy atom. The van der Waals surface area contributed by atoms with Crippen LogP contribution in [-0.2, 0) is 4.74 Å². The summed E-state index contributed by atoms with van der Waals surface area (Å²) >= 11 is 0. The SMILES string of the molecule is CC(C)(C)OC(=O)NCCNCC(F)F. The second kappa shape index (κ2) is 6.55. The summed E-state index contributed by atoms with van der Waals surface area (Å²) in [6.45, 7) is 5.45. The molecule has 0 aliphatic carbocycles. The Hall–Kier alpha value is -0.910. The van der Waals surface area contributed by atoms with E-state index >= 15 is 0 Å². The van der Waals surface area contributed by atoms with Gasteiger partial charge in [0, 0.05) is 13.1 Å². The first-order valence-electron chi connectivity index (χ1n) is 4.77. The molecule has 0 aromatic rings. The van der Waals surface area contributed by atoms with Gasteiger partial charge in [0.2, 0.25) is 0 Å². The van der Waals surface area contributed by atoms with Crippen LogP contribution >= 0.6 is 0 Å². The fourth-order valence-corrected chi connectivity index (χ4v) is 0.778. The molecule has 0 aliphatic heterocycles. The summed E-state index contributed by atoms with van der Waals surface area (Å²) in [6, 6.07) is 0. The number of halogens is 2. The fourth-order valence-electron chi connectivity index (χ4n) is 0.778. The van der Waals surface area contributed by atoms with Crippen LogP contribution in [0.15, 0.2) is 0 Å². The van der Waals surface area contributed by atoms with E-state index in [-0.39, 0.29) is 13.1 Å². The lowest BCUT2D eigenvalue weighted by Gasteiger charge is -2.19. The fraction of sp³-hybridized carbons (Fsp3) is 0.889. The van der Waals surface area contributed by atoms with Crippen LogP contribution in [0.2, 0.25) is 0 Å². The molecular weight excluding hydrogens is 206 g/mol. The van der Waals surface area contributed by atoms with Gasteiger partial charge in [-0.1, -0.05) is 0 Å². The number of amides is 1. The summed E-state index contributed by atoms with van der Waals surface area (Å²) in [5.41, 5.74) is -0.541. The molecule has 0 saturated carbocycles. The van der Waals surface area contributed by atoms with Crippen molar-refractivity contribution in [2.75, 3.05) is 19.6 Å². The molecule has 0 aliphatic rings. The van der Waals surface area contributed by atoms with E-state index in [2.05, 4.69) is 10.6 Å². The number of ether oxygens (including phenoxy) is 1. The van der Waals surface area contributed by atoms with Gasteiger partial charge >= 0.3 is 6.09 Å². The van der Waals surface area contributed by atoms with E-state index in [0.717, 1.165) is 0 Å². The van der Waals surface area contributed by atoms with Crippen LogP contribution in [0.4, 0.5) is 13.6 Å². The number of hydrogen-bond donors (Lipinski definition) is 2. The summed E-state index contributed by atoms with van der Waals surface area (Å²) in [5.74, 6) is 0. The van der Waals surface area contributed by atoms with E-state index in [1.165, 1.54) is 0 Å². The molecule has 0 fully saturated rings. The predicted molar refractivity (Wildman–Crippen MR) is 53.1 cm³/mol. The molecule has 0 bridgehead atoms. The van der Waals surface area contributed by atoms with Crippen molar-refractivity contribution >= 4 is 6.09 Å². The highest BCUT2D eigenvalue weighted by Crippen LogP contribution is 2.05. The molecule has 0 radical (unpaired) electrons. The van der Waals surface area contributed by atoms with Gasteiger partial charge in [-0.15, -0.1) is 0 Å². The highest BCUT2D eigenvalue weighted by Gasteiger charge is 2.15. The molecule has 0 aromatic carbocycles. The largest absolute Gasteiger partial charge is 0.444 e. The maximum atomic E-state index is 11.7. The topological polar surface area (TPSA) is 50.4 Å². The van der Waals surface area contributed by atoms with Crippen LogP contribution in [-0.4, -0.2) is 37.8 Å². The number of alkyl carbamates (subject to hydrolysis) is 1. The van der Waals surface area contributed by atoms with Gasteiger partial charge in [0.05, 0.1) is 6.54 Å². The van der Waals surface area contributed by atoms with Crippen LogP contribution in [0.5, 0.6) is 0 Å². The zero-order chi connectivity index (χ0) is 11.9. The molecular formula is C9H18F2N2O2. The molecule has 90 valence electrons. The Morgan fingerprint density at radius 3 is 2.40 bits per heavy atom. The van der Waals surface area contributed by atoms with Crippen molar-refractivity contribution in [2.24, 2.45) is 0 Å². The maximum absolute atomic E-state index is 11.7. The summed E-state index contributed by atoms with van der Waals surface area (Å²) in [7, 11) is 0. The second-order valence-electron chi connectivity index (χ2n) is 4.02. The molecule has 1 amide bonds. The Balaban J connectivity index is 3.40. The van der Waals surface area contributed by atoms with Crippen molar-refractivity contribution in [1.29, 1.82) is 0 Å². The first-order valence-corrected chi connectivity index (χ1v) is 4.77. The van der Waals surface area contributed by atoms with Gasteiger partial charge in [-0.2, -0.15) is 0 Å².